The van der Waals surface area contributed by atoms with Crippen molar-refractivity contribution < 1.29 is 17.9 Å². The third-order valence-electron chi connectivity index (χ3n) is 3.49. The van der Waals surface area contributed by atoms with Crippen molar-refractivity contribution in [2.24, 2.45) is 0 Å². The number of hydrogen-bond acceptors (Lipinski definition) is 4. The van der Waals surface area contributed by atoms with Gasteiger partial charge in [0.15, 0.2) is 0 Å². The fourth-order valence-electron chi connectivity index (χ4n) is 2.18. The van der Waals surface area contributed by atoms with E-state index in [1.807, 2.05) is 31.2 Å². The lowest BCUT2D eigenvalue weighted by Gasteiger charge is -2.09. The largest absolute Gasteiger partial charge is 0.492 e. The summed E-state index contributed by atoms with van der Waals surface area (Å²) < 4.78 is 31.9. The molecule has 0 atom stereocenters. The Kier molecular flexibility index (Phi) is 6.94. The van der Waals surface area contributed by atoms with Gasteiger partial charge >= 0.3 is 0 Å². The predicted octanol–water partition coefficient (Wildman–Crippen LogP) is 2.27. The summed E-state index contributed by atoms with van der Waals surface area (Å²) in [4.78, 5) is 12.2. The number of carbonyl (C=O) groups excluding carboxylic acids is 1. The lowest BCUT2D eigenvalue weighted by atomic mass is 10.2. The summed E-state index contributed by atoms with van der Waals surface area (Å²) in [6, 6.07) is 13.4. The zero-order valence-electron chi connectivity index (χ0n) is 14.6. The number of rotatable bonds is 9. The highest BCUT2D eigenvalue weighted by molar-refractivity contribution is 7.89. The van der Waals surface area contributed by atoms with Gasteiger partial charge in [0.1, 0.15) is 12.4 Å². The first-order chi connectivity index (χ1) is 12.4. The first kappa shape index (κ1) is 19.7. The molecule has 138 valence electrons. The van der Waals surface area contributed by atoms with Gasteiger partial charge in [0.25, 0.3) is 5.91 Å². The van der Waals surface area contributed by atoms with Crippen LogP contribution < -0.4 is 14.8 Å². The van der Waals surface area contributed by atoms with E-state index < -0.39 is 10.0 Å². The molecule has 0 unspecified atom stereocenters. The minimum atomic E-state index is -3.59. The van der Waals surface area contributed by atoms with Crippen molar-refractivity contribution in [3.63, 3.8) is 0 Å². The number of carbonyl (C=O) groups is 1. The van der Waals surface area contributed by atoms with E-state index >= 15 is 0 Å². The molecule has 0 radical (unpaired) electrons. The predicted molar refractivity (Wildman–Crippen MR) is 101 cm³/mol. The summed E-state index contributed by atoms with van der Waals surface area (Å²) in [5, 5.41) is 2.73. The molecule has 0 aliphatic carbocycles. The van der Waals surface area contributed by atoms with Crippen molar-refractivity contribution in [3.8, 4) is 5.75 Å². The lowest BCUT2D eigenvalue weighted by molar-refractivity contribution is 0.0947. The third kappa shape index (κ3) is 5.72. The quantitative estimate of drug-likeness (QED) is 0.521. The van der Waals surface area contributed by atoms with E-state index in [9.17, 15) is 13.2 Å². The topological polar surface area (TPSA) is 84.5 Å². The number of aryl methyl sites for hydroxylation is 1. The zero-order valence-corrected chi connectivity index (χ0v) is 15.4. The van der Waals surface area contributed by atoms with E-state index in [2.05, 4.69) is 16.6 Å². The molecule has 0 saturated carbocycles. The maximum atomic E-state index is 12.1. The molecule has 0 bridgehead atoms. The highest BCUT2D eigenvalue weighted by atomic mass is 32.2. The Morgan fingerprint density at radius 2 is 1.92 bits per heavy atom. The smallest absolute Gasteiger partial charge is 0.251 e. The average Bonchev–Trinajstić information content (AvgIpc) is 2.63. The van der Waals surface area contributed by atoms with Crippen LogP contribution in [0.1, 0.15) is 15.9 Å². The Balaban J connectivity index is 1.85. The molecule has 0 aliphatic rings. The number of ether oxygens (including phenoxy) is 1. The van der Waals surface area contributed by atoms with Gasteiger partial charge in [-0.1, -0.05) is 18.2 Å². The van der Waals surface area contributed by atoms with Crippen molar-refractivity contribution in [1.82, 2.24) is 10.0 Å². The molecule has 0 spiro atoms. The molecular formula is C19H22N2O4S. The Bertz CT molecular complexity index is 861. The average molecular weight is 374 g/mol. The van der Waals surface area contributed by atoms with Crippen molar-refractivity contribution in [2.75, 3.05) is 19.7 Å². The monoisotopic (exact) mass is 374 g/mol. The minimum Gasteiger partial charge on any atom is -0.492 e. The third-order valence-corrected chi connectivity index (χ3v) is 4.93. The van der Waals surface area contributed by atoms with Gasteiger partial charge in [0.2, 0.25) is 10.0 Å². The standard InChI is InChI=1S/C19H22N2O4S/c1-3-11-21-26(23,24)18-9-7-16(8-10-18)19(22)20-12-13-25-17-6-4-5-15(2)14-17/h3-10,14,21H,1,11-13H2,2H3,(H,20,22). The van der Waals surface area contributed by atoms with Gasteiger partial charge in [-0.15, -0.1) is 6.58 Å². The molecule has 2 aromatic carbocycles. The van der Waals surface area contributed by atoms with Gasteiger partial charge in [0, 0.05) is 12.1 Å². The SMILES string of the molecule is C=CCNS(=O)(=O)c1ccc(C(=O)NCCOc2cccc(C)c2)cc1. The van der Waals surface area contributed by atoms with Crippen LogP contribution in [0, 0.1) is 6.92 Å². The van der Waals surface area contributed by atoms with Crippen LogP contribution in [0.15, 0.2) is 66.1 Å². The highest BCUT2D eigenvalue weighted by Gasteiger charge is 2.13. The summed E-state index contributed by atoms with van der Waals surface area (Å²) in [6.45, 7) is 6.27. The van der Waals surface area contributed by atoms with Gasteiger partial charge in [-0.3, -0.25) is 4.79 Å². The highest BCUT2D eigenvalue weighted by Crippen LogP contribution is 2.12. The van der Waals surface area contributed by atoms with E-state index in [-0.39, 0.29) is 17.3 Å². The van der Waals surface area contributed by atoms with Crippen LogP contribution in [-0.2, 0) is 10.0 Å². The fourth-order valence-corrected chi connectivity index (χ4v) is 3.18. The van der Waals surface area contributed by atoms with E-state index in [4.69, 9.17) is 4.74 Å². The minimum absolute atomic E-state index is 0.0960. The summed E-state index contributed by atoms with van der Waals surface area (Å²) in [5.41, 5.74) is 1.48. The molecule has 7 heteroatoms. The van der Waals surface area contributed by atoms with E-state index in [1.165, 1.54) is 30.3 Å². The van der Waals surface area contributed by atoms with Crippen LogP contribution in [0.3, 0.4) is 0 Å². The second-order valence-electron chi connectivity index (χ2n) is 5.59. The molecule has 2 N–H and O–H groups in total. The van der Waals surface area contributed by atoms with Crippen LogP contribution in [-0.4, -0.2) is 34.0 Å². The van der Waals surface area contributed by atoms with Gasteiger partial charge in [-0.05, 0) is 48.9 Å². The maximum absolute atomic E-state index is 12.1. The number of benzene rings is 2. The molecule has 6 nitrogen and oxygen atoms in total. The van der Waals surface area contributed by atoms with E-state index in [0.29, 0.717) is 18.7 Å². The second kappa shape index (κ2) is 9.17. The molecule has 26 heavy (non-hydrogen) atoms. The van der Waals surface area contributed by atoms with Crippen molar-refractivity contribution >= 4 is 15.9 Å². The van der Waals surface area contributed by atoms with Crippen LogP contribution >= 0.6 is 0 Å². The molecule has 0 aliphatic heterocycles. The van der Waals surface area contributed by atoms with E-state index in [0.717, 1.165) is 11.3 Å². The summed E-state index contributed by atoms with van der Waals surface area (Å²) in [5.74, 6) is 0.460. The lowest BCUT2D eigenvalue weighted by Crippen LogP contribution is -2.28. The van der Waals surface area contributed by atoms with Crippen molar-refractivity contribution in [2.45, 2.75) is 11.8 Å². The summed E-state index contributed by atoms with van der Waals surface area (Å²) in [7, 11) is -3.59. The Morgan fingerprint density at radius 3 is 2.58 bits per heavy atom. The molecule has 2 aromatic rings. The zero-order chi connectivity index (χ0) is 19.0. The summed E-state index contributed by atoms with van der Waals surface area (Å²) in [6.07, 6.45) is 1.46. The van der Waals surface area contributed by atoms with Gasteiger partial charge in [0.05, 0.1) is 11.4 Å². The Morgan fingerprint density at radius 1 is 1.19 bits per heavy atom. The Labute approximate surface area is 153 Å². The maximum Gasteiger partial charge on any atom is 0.251 e. The number of hydrogen-bond donors (Lipinski definition) is 2. The van der Waals surface area contributed by atoms with Crippen LogP contribution in [0.5, 0.6) is 5.75 Å². The van der Waals surface area contributed by atoms with Crippen LogP contribution in [0.2, 0.25) is 0 Å². The molecule has 0 saturated heterocycles. The van der Waals surface area contributed by atoms with E-state index in [1.54, 1.807) is 0 Å². The second-order valence-corrected chi connectivity index (χ2v) is 7.35. The number of sulfonamides is 1. The normalized spacial score (nSPS) is 11.0. The fraction of sp³-hybridized carbons (Fsp3) is 0.211. The number of amides is 1. The molecule has 1 amide bonds. The van der Waals surface area contributed by atoms with Crippen LogP contribution in [0.4, 0.5) is 0 Å². The van der Waals surface area contributed by atoms with Gasteiger partial charge in [-0.2, -0.15) is 0 Å². The molecule has 2 rings (SSSR count). The first-order valence-electron chi connectivity index (χ1n) is 8.10. The van der Waals surface area contributed by atoms with Gasteiger partial charge < -0.3 is 10.1 Å². The molecule has 0 aromatic heterocycles. The van der Waals surface area contributed by atoms with Crippen molar-refractivity contribution in [3.05, 3.63) is 72.3 Å². The van der Waals surface area contributed by atoms with Crippen molar-refractivity contribution in [1.29, 1.82) is 0 Å². The molecular weight excluding hydrogens is 352 g/mol. The van der Waals surface area contributed by atoms with Gasteiger partial charge in [-0.25, -0.2) is 13.1 Å². The number of nitrogens with one attached hydrogen (secondary N) is 2. The van der Waals surface area contributed by atoms with Crippen LogP contribution in [0.25, 0.3) is 0 Å². The molecule has 0 fully saturated rings. The Hall–Kier alpha value is -2.64. The summed E-state index contributed by atoms with van der Waals surface area (Å²) >= 11 is 0. The molecule has 0 heterocycles. The first-order valence-corrected chi connectivity index (χ1v) is 9.59.